The molecular weight excluding hydrogens is 288 g/mol. The summed E-state index contributed by atoms with van der Waals surface area (Å²) in [6.45, 7) is 4.53. The Morgan fingerprint density at radius 3 is 2.65 bits per heavy atom. The maximum absolute atomic E-state index is 12.2. The largest absolute Gasteiger partial charge is 0.462 e. The van der Waals surface area contributed by atoms with Gasteiger partial charge in [-0.1, -0.05) is 18.2 Å². The zero-order valence-corrected chi connectivity index (χ0v) is 14.0. The molecular formula is C19H28N2O2. The van der Waals surface area contributed by atoms with Gasteiger partial charge in [-0.15, -0.1) is 0 Å². The van der Waals surface area contributed by atoms with E-state index < -0.39 is 0 Å². The minimum absolute atomic E-state index is 0.180. The average molecular weight is 316 g/mol. The summed E-state index contributed by atoms with van der Waals surface area (Å²) in [5, 5.41) is 7.21. The Balaban J connectivity index is 1.60. The number of hydrogen-bond acceptors (Lipinski definition) is 4. The molecule has 1 atom stereocenters. The van der Waals surface area contributed by atoms with Crippen LogP contribution < -0.4 is 10.6 Å². The second kappa shape index (κ2) is 7.93. The first-order valence-corrected chi connectivity index (χ1v) is 9.00. The molecule has 2 aliphatic rings. The zero-order valence-electron chi connectivity index (χ0n) is 14.0. The van der Waals surface area contributed by atoms with E-state index >= 15 is 0 Å². The molecule has 0 aromatic heterocycles. The highest BCUT2D eigenvalue weighted by atomic mass is 16.5. The van der Waals surface area contributed by atoms with Gasteiger partial charge in [0.15, 0.2) is 0 Å². The van der Waals surface area contributed by atoms with Crippen molar-refractivity contribution in [2.24, 2.45) is 0 Å². The van der Waals surface area contributed by atoms with Gasteiger partial charge in [-0.2, -0.15) is 0 Å². The van der Waals surface area contributed by atoms with Crippen LogP contribution in [-0.4, -0.2) is 37.7 Å². The Labute approximate surface area is 139 Å². The third-order valence-corrected chi connectivity index (χ3v) is 5.15. The Hall–Kier alpha value is -1.39. The quantitative estimate of drug-likeness (QED) is 0.820. The number of nitrogens with one attached hydrogen (secondary N) is 2. The number of esters is 1. The van der Waals surface area contributed by atoms with E-state index in [0.29, 0.717) is 24.6 Å². The highest BCUT2D eigenvalue weighted by Gasteiger charge is 2.27. The lowest BCUT2D eigenvalue weighted by molar-refractivity contribution is 0.0524. The molecule has 1 saturated heterocycles. The molecule has 0 bridgehead atoms. The van der Waals surface area contributed by atoms with Crippen molar-refractivity contribution in [3.05, 3.63) is 35.4 Å². The van der Waals surface area contributed by atoms with E-state index in [2.05, 4.69) is 16.7 Å². The van der Waals surface area contributed by atoms with Crippen LogP contribution in [0.2, 0.25) is 0 Å². The number of carbonyl (C=O) groups is 1. The van der Waals surface area contributed by atoms with Crippen molar-refractivity contribution >= 4 is 5.97 Å². The van der Waals surface area contributed by atoms with Gasteiger partial charge in [-0.05, 0) is 63.1 Å². The molecule has 0 spiro atoms. The zero-order chi connectivity index (χ0) is 16.1. The van der Waals surface area contributed by atoms with Crippen molar-refractivity contribution in [2.45, 2.75) is 57.0 Å². The first-order valence-electron chi connectivity index (χ1n) is 9.00. The van der Waals surface area contributed by atoms with Crippen molar-refractivity contribution in [3.8, 4) is 0 Å². The van der Waals surface area contributed by atoms with E-state index in [1.54, 1.807) is 0 Å². The highest BCUT2D eigenvalue weighted by Crippen LogP contribution is 2.35. The van der Waals surface area contributed by atoms with Gasteiger partial charge in [-0.3, -0.25) is 0 Å². The Bertz CT molecular complexity index is 518. The van der Waals surface area contributed by atoms with Gasteiger partial charge in [-0.25, -0.2) is 4.79 Å². The maximum Gasteiger partial charge on any atom is 0.338 e. The fourth-order valence-corrected chi connectivity index (χ4v) is 3.95. The summed E-state index contributed by atoms with van der Waals surface area (Å²) >= 11 is 0. The minimum Gasteiger partial charge on any atom is -0.462 e. The minimum atomic E-state index is -0.180. The van der Waals surface area contributed by atoms with Crippen LogP contribution in [0.1, 0.15) is 60.9 Å². The molecule has 2 fully saturated rings. The van der Waals surface area contributed by atoms with Gasteiger partial charge in [0.2, 0.25) is 0 Å². The van der Waals surface area contributed by atoms with Crippen LogP contribution in [0.3, 0.4) is 0 Å². The van der Waals surface area contributed by atoms with E-state index in [-0.39, 0.29) is 5.97 Å². The molecule has 1 aromatic carbocycles. The predicted molar refractivity (Wildman–Crippen MR) is 91.8 cm³/mol. The molecule has 1 saturated carbocycles. The molecule has 126 valence electrons. The summed E-state index contributed by atoms with van der Waals surface area (Å²) in [5.41, 5.74) is 1.93. The molecule has 2 N–H and O–H groups in total. The van der Waals surface area contributed by atoms with Crippen LogP contribution in [-0.2, 0) is 4.74 Å². The molecule has 3 rings (SSSR count). The fraction of sp³-hybridized carbons (Fsp3) is 0.632. The Morgan fingerprint density at radius 2 is 1.96 bits per heavy atom. The summed E-state index contributed by atoms with van der Waals surface area (Å²) in [6.07, 6.45) is 5.92. The predicted octanol–water partition coefficient (Wildman–Crippen LogP) is 2.84. The number of carbonyl (C=O) groups excluding carboxylic acids is 1. The van der Waals surface area contributed by atoms with Crippen LogP contribution in [0.4, 0.5) is 0 Å². The van der Waals surface area contributed by atoms with E-state index in [0.717, 1.165) is 31.5 Å². The SMILES string of the molecule is CCOC(=O)c1ccccc1C1CCC(N[C@@H]2CCNC2)CC1. The van der Waals surface area contributed by atoms with E-state index in [9.17, 15) is 4.79 Å². The number of benzene rings is 1. The second-order valence-electron chi connectivity index (χ2n) is 6.71. The van der Waals surface area contributed by atoms with Gasteiger partial charge in [0, 0.05) is 18.6 Å². The van der Waals surface area contributed by atoms with Gasteiger partial charge in [0.05, 0.1) is 12.2 Å². The van der Waals surface area contributed by atoms with Gasteiger partial charge in [0.25, 0.3) is 0 Å². The fourth-order valence-electron chi connectivity index (χ4n) is 3.95. The number of hydrogen-bond donors (Lipinski definition) is 2. The van der Waals surface area contributed by atoms with Gasteiger partial charge < -0.3 is 15.4 Å². The molecule has 1 aliphatic heterocycles. The molecule has 23 heavy (non-hydrogen) atoms. The van der Waals surface area contributed by atoms with Gasteiger partial charge in [0.1, 0.15) is 0 Å². The van der Waals surface area contributed by atoms with Crippen molar-refractivity contribution < 1.29 is 9.53 Å². The second-order valence-corrected chi connectivity index (χ2v) is 6.71. The number of rotatable bonds is 5. The lowest BCUT2D eigenvalue weighted by Gasteiger charge is -2.32. The van der Waals surface area contributed by atoms with E-state index in [4.69, 9.17) is 4.74 Å². The molecule has 1 aromatic rings. The summed E-state index contributed by atoms with van der Waals surface area (Å²) < 4.78 is 5.21. The van der Waals surface area contributed by atoms with Crippen molar-refractivity contribution in [2.75, 3.05) is 19.7 Å². The Morgan fingerprint density at radius 1 is 1.17 bits per heavy atom. The summed E-state index contributed by atoms with van der Waals surface area (Å²) in [4.78, 5) is 12.2. The standard InChI is InChI=1S/C19H28N2O2/c1-2-23-19(22)18-6-4-3-5-17(18)14-7-9-15(10-8-14)21-16-11-12-20-13-16/h3-6,14-16,20-21H,2,7-13H2,1H3/t14?,15?,16-/m1/s1. The number of ether oxygens (including phenoxy) is 1. The molecule has 0 radical (unpaired) electrons. The van der Waals surface area contributed by atoms with Crippen molar-refractivity contribution in [1.29, 1.82) is 0 Å². The summed E-state index contributed by atoms with van der Waals surface area (Å²) in [7, 11) is 0. The Kier molecular flexibility index (Phi) is 5.68. The van der Waals surface area contributed by atoms with Crippen LogP contribution >= 0.6 is 0 Å². The molecule has 0 unspecified atom stereocenters. The van der Waals surface area contributed by atoms with Crippen LogP contribution in [0.5, 0.6) is 0 Å². The summed E-state index contributed by atoms with van der Waals surface area (Å²) in [6, 6.07) is 9.24. The average Bonchev–Trinajstić information content (AvgIpc) is 3.09. The smallest absolute Gasteiger partial charge is 0.338 e. The lowest BCUT2D eigenvalue weighted by Crippen LogP contribution is -2.41. The molecule has 4 nitrogen and oxygen atoms in total. The van der Waals surface area contributed by atoms with Crippen molar-refractivity contribution in [1.82, 2.24) is 10.6 Å². The van der Waals surface area contributed by atoms with E-state index in [1.165, 1.54) is 24.8 Å². The third kappa shape index (κ3) is 4.12. The normalized spacial score (nSPS) is 27.8. The third-order valence-electron chi connectivity index (χ3n) is 5.15. The summed E-state index contributed by atoms with van der Waals surface area (Å²) in [5.74, 6) is 0.302. The topological polar surface area (TPSA) is 50.4 Å². The van der Waals surface area contributed by atoms with Crippen LogP contribution in [0, 0.1) is 0 Å². The maximum atomic E-state index is 12.2. The molecule has 1 aliphatic carbocycles. The first-order chi connectivity index (χ1) is 11.3. The van der Waals surface area contributed by atoms with Crippen molar-refractivity contribution in [3.63, 3.8) is 0 Å². The lowest BCUT2D eigenvalue weighted by atomic mass is 9.80. The van der Waals surface area contributed by atoms with Crippen LogP contribution in [0.25, 0.3) is 0 Å². The van der Waals surface area contributed by atoms with Gasteiger partial charge >= 0.3 is 5.97 Å². The highest BCUT2D eigenvalue weighted by molar-refractivity contribution is 5.91. The molecule has 4 heteroatoms. The first kappa shape index (κ1) is 16.5. The molecule has 1 heterocycles. The molecule has 0 amide bonds. The van der Waals surface area contributed by atoms with E-state index in [1.807, 2.05) is 25.1 Å². The monoisotopic (exact) mass is 316 g/mol. The van der Waals surface area contributed by atoms with Crippen LogP contribution in [0.15, 0.2) is 24.3 Å².